The number of hydrogen-bond donors (Lipinski definition) is 0. The Labute approximate surface area is 102 Å². The minimum atomic E-state index is -0.472. The van der Waals surface area contributed by atoms with Crippen molar-refractivity contribution in [3.05, 3.63) is 12.0 Å². The number of esters is 1. The van der Waals surface area contributed by atoms with Gasteiger partial charge in [0.05, 0.1) is 13.2 Å². The predicted molar refractivity (Wildman–Crippen MR) is 62.3 cm³/mol. The average Bonchev–Trinajstić information content (AvgIpc) is 2.74. The van der Waals surface area contributed by atoms with Crippen LogP contribution in [-0.2, 0) is 4.74 Å². The van der Waals surface area contributed by atoms with E-state index >= 15 is 0 Å². The number of carbonyl (C=O) groups is 1. The van der Waals surface area contributed by atoms with Crippen LogP contribution in [0, 0.1) is 0 Å². The molecule has 0 aliphatic carbocycles. The van der Waals surface area contributed by atoms with Gasteiger partial charge in [-0.1, -0.05) is 0 Å². The van der Waals surface area contributed by atoms with Gasteiger partial charge in [0.15, 0.2) is 5.69 Å². The Balaban J connectivity index is 2.47. The molecule has 6 nitrogen and oxygen atoms in total. The third kappa shape index (κ3) is 2.19. The summed E-state index contributed by atoms with van der Waals surface area (Å²) in [6.45, 7) is 4.41. The first kappa shape index (κ1) is 11.7. The van der Waals surface area contributed by atoms with Crippen LogP contribution >= 0.6 is 11.5 Å². The Hall–Kier alpha value is -1.76. The molecule has 0 aliphatic rings. The fraction of sp³-hybridized carbons (Fsp3) is 0.400. The molecule has 0 bridgehead atoms. The molecule has 0 saturated heterocycles. The third-order valence-corrected chi connectivity index (χ3v) is 2.80. The van der Waals surface area contributed by atoms with Gasteiger partial charge in [-0.2, -0.15) is 4.37 Å². The van der Waals surface area contributed by atoms with E-state index in [9.17, 15) is 4.79 Å². The van der Waals surface area contributed by atoms with Crippen molar-refractivity contribution in [3.63, 3.8) is 0 Å². The van der Waals surface area contributed by atoms with E-state index in [0.717, 1.165) is 11.5 Å². The van der Waals surface area contributed by atoms with E-state index in [-0.39, 0.29) is 5.69 Å². The number of hydrogen-bond acceptors (Lipinski definition) is 7. The van der Waals surface area contributed by atoms with Gasteiger partial charge in [-0.3, -0.25) is 0 Å². The largest absolute Gasteiger partial charge is 0.477 e. The highest BCUT2D eigenvalue weighted by Crippen LogP contribution is 2.28. The van der Waals surface area contributed by atoms with Crippen molar-refractivity contribution in [3.8, 4) is 5.88 Å². The molecule has 2 aromatic rings. The second kappa shape index (κ2) is 5.05. The quantitative estimate of drug-likeness (QED) is 0.771. The zero-order valence-corrected chi connectivity index (χ0v) is 10.3. The van der Waals surface area contributed by atoms with Crippen LogP contribution in [0.4, 0.5) is 0 Å². The summed E-state index contributed by atoms with van der Waals surface area (Å²) in [5.41, 5.74) is 0.696. The summed E-state index contributed by atoms with van der Waals surface area (Å²) >= 11 is 1.13. The van der Waals surface area contributed by atoms with Crippen molar-refractivity contribution in [2.75, 3.05) is 13.2 Å². The topological polar surface area (TPSA) is 74.2 Å². The summed E-state index contributed by atoms with van der Waals surface area (Å²) < 4.78 is 14.9. The number of carbonyl (C=O) groups excluding carboxylic acids is 1. The minimum Gasteiger partial charge on any atom is -0.477 e. The van der Waals surface area contributed by atoms with E-state index in [0.29, 0.717) is 29.3 Å². The van der Waals surface area contributed by atoms with Gasteiger partial charge >= 0.3 is 5.97 Å². The van der Waals surface area contributed by atoms with Crippen LogP contribution in [0.2, 0.25) is 0 Å². The molecule has 0 N–H and O–H groups in total. The zero-order chi connectivity index (χ0) is 12.3. The molecule has 0 fully saturated rings. The molecular weight excluding hydrogens is 242 g/mol. The summed E-state index contributed by atoms with van der Waals surface area (Å²) in [7, 11) is 0. The number of ether oxygens (including phenoxy) is 2. The van der Waals surface area contributed by atoms with E-state index in [4.69, 9.17) is 9.47 Å². The fourth-order valence-corrected chi connectivity index (χ4v) is 2.09. The Morgan fingerprint density at radius 3 is 2.88 bits per heavy atom. The highest BCUT2D eigenvalue weighted by Gasteiger charge is 2.19. The number of aromatic nitrogens is 3. The lowest BCUT2D eigenvalue weighted by Crippen LogP contribution is -2.05. The maximum absolute atomic E-state index is 11.6. The number of rotatable bonds is 4. The molecule has 0 atom stereocenters. The maximum Gasteiger partial charge on any atom is 0.360 e. The maximum atomic E-state index is 11.6. The molecule has 0 amide bonds. The number of nitrogens with zero attached hydrogens (tertiary/aromatic N) is 3. The van der Waals surface area contributed by atoms with Crippen LogP contribution in [0.3, 0.4) is 0 Å². The van der Waals surface area contributed by atoms with Gasteiger partial charge in [-0.25, -0.2) is 14.8 Å². The van der Waals surface area contributed by atoms with E-state index in [1.165, 1.54) is 6.33 Å². The molecule has 0 saturated carbocycles. The summed E-state index contributed by atoms with van der Waals surface area (Å²) in [5, 5.41) is 0. The summed E-state index contributed by atoms with van der Waals surface area (Å²) in [4.78, 5) is 19.7. The first-order chi connectivity index (χ1) is 8.27. The molecule has 2 heterocycles. The normalized spacial score (nSPS) is 10.5. The van der Waals surface area contributed by atoms with Crippen LogP contribution in [0.5, 0.6) is 5.88 Å². The highest BCUT2D eigenvalue weighted by atomic mass is 32.1. The fourth-order valence-electron chi connectivity index (χ4n) is 1.32. The summed E-state index contributed by atoms with van der Waals surface area (Å²) in [6.07, 6.45) is 1.35. The van der Waals surface area contributed by atoms with E-state index < -0.39 is 5.97 Å². The van der Waals surface area contributed by atoms with Crippen molar-refractivity contribution in [1.29, 1.82) is 0 Å². The SMILES string of the molecule is CCOC(=O)c1nsc2c(OCC)ncnc12. The molecule has 0 aliphatic heterocycles. The monoisotopic (exact) mass is 253 g/mol. The first-order valence-electron chi connectivity index (χ1n) is 5.18. The van der Waals surface area contributed by atoms with E-state index in [2.05, 4.69) is 14.3 Å². The van der Waals surface area contributed by atoms with Gasteiger partial charge in [0.2, 0.25) is 5.88 Å². The average molecular weight is 253 g/mol. The zero-order valence-electron chi connectivity index (χ0n) is 9.47. The summed E-state index contributed by atoms with van der Waals surface area (Å²) in [5.74, 6) is -0.0227. The lowest BCUT2D eigenvalue weighted by atomic mass is 10.3. The molecule has 0 aromatic carbocycles. The number of fused-ring (bicyclic) bond motifs is 1. The third-order valence-electron chi connectivity index (χ3n) is 1.97. The van der Waals surface area contributed by atoms with Crippen LogP contribution in [-0.4, -0.2) is 33.5 Å². The smallest absolute Gasteiger partial charge is 0.360 e. The molecule has 17 heavy (non-hydrogen) atoms. The van der Waals surface area contributed by atoms with Crippen LogP contribution < -0.4 is 4.74 Å². The Morgan fingerprint density at radius 1 is 1.35 bits per heavy atom. The van der Waals surface area contributed by atoms with Gasteiger partial charge in [0, 0.05) is 0 Å². The predicted octanol–water partition coefficient (Wildman–Crippen LogP) is 1.66. The summed E-state index contributed by atoms with van der Waals surface area (Å²) in [6, 6.07) is 0. The van der Waals surface area contributed by atoms with Crippen molar-refractivity contribution in [2.24, 2.45) is 0 Å². The van der Waals surface area contributed by atoms with Crippen molar-refractivity contribution in [1.82, 2.24) is 14.3 Å². The molecule has 2 aromatic heterocycles. The second-order valence-electron chi connectivity index (χ2n) is 3.04. The standard InChI is InChI=1S/C10H11N3O3S/c1-3-15-9-8-6(11-5-12-9)7(13-17-8)10(14)16-4-2/h5H,3-4H2,1-2H3. The molecule has 0 spiro atoms. The first-order valence-corrected chi connectivity index (χ1v) is 5.95. The molecule has 2 rings (SSSR count). The van der Waals surface area contributed by atoms with Gasteiger partial charge in [0.25, 0.3) is 0 Å². The van der Waals surface area contributed by atoms with E-state index in [1.54, 1.807) is 6.92 Å². The Morgan fingerprint density at radius 2 is 2.18 bits per heavy atom. The van der Waals surface area contributed by atoms with Crippen molar-refractivity contribution >= 4 is 27.7 Å². The van der Waals surface area contributed by atoms with Gasteiger partial charge in [-0.15, -0.1) is 0 Å². The van der Waals surface area contributed by atoms with Crippen molar-refractivity contribution < 1.29 is 14.3 Å². The molecule has 7 heteroatoms. The van der Waals surface area contributed by atoms with Gasteiger partial charge < -0.3 is 9.47 Å². The van der Waals surface area contributed by atoms with Gasteiger partial charge in [0.1, 0.15) is 16.5 Å². The van der Waals surface area contributed by atoms with E-state index in [1.807, 2.05) is 6.92 Å². The van der Waals surface area contributed by atoms with Crippen LogP contribution in [0.1, 0.15) is 24.3 Å². The Bertz CT molecular complexity index is 541. The van der Waals surface area contributed by atoms with Gasteiger partial charge in [-0.05, 0) is 25.4 Å². The molecule has 0 unspecified atom stereocenters. The molecule has 90 valence electrons. The van der Waals surface area contributed by atoms with Crippen LogP contribution in [0.15, 0.2) is 6.33 Å². The second-order valence-corrected chi connectivity index (χ2v) is 3.81. The minimum absolute atomic E-state index is 0.218. The molecular formula is C10H11N3O3S. The lowest BCUT2D eigenvalue weighted by molar-refractivity contribution is 0.0523. The molecule has 0 radical (unpaired) electrons. The lowest BCUT2D eigenvalue weighted by Gasteiger charge is -2.01. The van der Waals surface area contributed by atoms with Crippen molar-refractivity contribution in [2.45, 2.75) is 13.8 Å². The highest BCUT2D eigenvalue weighted by molar-refractivity contribution is 7.13. The Kier molecular flexibility index (Phi) is 3.48. The van der Waals surface area contributed by atoms with Crippen LogP contribution in [0.25, 0.3) is 10.2 Å².